The van der Waals surface area contributed by atoms with Crippen LogP contribution in [0.2, 0.25) is 5.02 Å². The van der Waals surface area contributed by atoms with Gasteiger partial charge in [-0.15, -0.1) is 22.7 Å². The van der Waals surface area contributed by atoms with E-state index in [4.69, 9.17) is 23.8 Å². The van der Waals surface area contributed by atoms with Crippen molar-refractivity contribution in [2.75, 3.05) is 5.32 Å². The summed E-state index contributed by atoms with van der Waals surface area (Å²) in [7, 11) is 0. The minimum absolute atomic E-state index is 0.191. The van der Waals surface area contributed by atoms with Crippen LogP contribution in [0.4, 0.5) is 5.69 Å². The third-order valence-electron chi connectivity index (χ3n) is 3.73. The van der Waals surface area contributed by atoms with Crippen molar-refractivity contribution in [1.29, 1.82) is 0 Å². The number of benzene rings is 2. The molecule has 1 amide bonds. The lowest BCUT2D eigenvalue weighted by molar-refractivity contribution is 0.0981. The number of fused-ring (bicyclic) bond motifs is 1. The number of thiocarbonyl (C=S) groups is 1. The van der Waals surface area contributed by atoms with Gasteiger partial charge in [0.1, 0.15) is 5.01 Å². The number of carbonyl (C=O) groups is 1. The number of hydrogen-bond acceptors (Lipinski definition) is 5. The third kappa shape index (κ3) is 4.01. The van der Waals surface area contributed by atoms with Gasteiger partial charge in [0.05, 0.1) is 25.8 Å². The van der Waals surface area contributed by atoms with E-state index in [9.17, 15) is 4.79 Å². The summed E-state index contributed by atoms with van der Waals surface area (Å²) in [6.45, 7) is 0. The van der Waals surface area contributed by atoms with E-state index >= 15 is 0 Å². The number of amides is 1. The lowest BCUT2D eigenvalue weighted by atomic mass is 10.2. The van der Waals surface area contributed by atoms with Crippen LogP contribution in [0, 0.1) is 0 Å². The molecule has 0 bridgehead atoms. The molecule has 0 aliphatic rings. The molecule has 0 saturated carbocycles. The molecule has 8 heteroatoms. The molecule has 0 unspecified atom stereocenters. The van der Waals surface area contributed by atoms with Gasteiger partial charge in [0.15, 0.2) is 5.11 Å². The Balaban J connectivity index is 1.55. The fourth-order valence-corrected chi connectivity index (χ4v) is 4.42. The second-order valence-corrected chi connectivity index (χ2v) is 8.36. The summed E-state index contributed by atoms with van der Waals surface area (Å²) in [6, 6.07) is 17.1. The number of thiazole rings is 1. The standard InChI is InChI=1S/C19H12ClN3OS3/c20-12-8-7-11(18-21-13-4-1-2-5-15(13)27-18)10-14(12)22-19(25)23-17(24)16-6-3-9-26-16/h1-10H,(H2,22,23,24,25). The fraction of sp³-hybridized carbons (Fsp3) is 0. The lowest BCUT2D eigenvalue weighted by Crippen LogP contribution is -2.33. The molecule has 2 heterocycles. The highest BCUT2D eigenvalue weighted by Gasteiger charge is 2.12. The average Bonchev–Trinajstić information content (AvgIpc) is 3.33. The molecule has 27 heavy (non-hydrogen) atoms. The van der Waals surface area contributed by atoms with E-state index in [0.29, 0.717) is 15.6 Å². The number of carbonyl (C=O) groups excluding carboxylic acids is 1. The van der Waals surface area contributed by atoms with Gasteiger partial charge in [-0.2, -0.15) is 0 Å². The first-order valence-corrected chi connectivity index (χ1v) is 10.4. The Hall–Kier alpha value is -2.32. The van der Waals surface area contributed by atoms with Crippen LogP contribution in [0.3, 0.4) is 0 Å². The summed E-state index contributed by atoms with van der Waals surface area (Å²) in [5, 5.41) is 9.08. The number of nitrogens with one attached hydrogen (secondary N) is 2. The number of rotatable bonds is 3. The highest BCUT2D eigenvalue weighted by Crippen LogP contribution is 2.33. The van der Waals surface area contributed by atoms with Gasteiger partial charge >= 0.3 is 0 Å². The first-order valence-electron chi connectivity index (χ1n) is 7.91. The molecule has 2 N–H and O–H groups in total. The molecule has 0 fully saturated rings. The summed E-state index contributed by atoms with van der Waals surface area (Å²) < 4.78 is 1.12. The van der Waals surface area contributed by atoms with Crippen molar-refractivity contribution in [3.8, 4) is 10.6 Å². The Morgan fingerprint density at radius 2 is 1.96 bits per heavy atom. The van der Waals surface area contributed by atoms with Crippen LogP contribution in [0.15, 0.2) is 60.0 Å². The zero-order chi connectivity index (χ0) is 18.8. The minimum Gasteiger partial charge on any atom is -0.331 e. The van der Waals surface area contributed by atoms with Gasteiger partial charge in [-0.05, 0) is 47.9 Å². The van der Waals surface area contributed by atoms with Gasteiger partial charge in [0.2, 0.25) is 0 Å². The molecule has 2 aromatic carbocycles. The predicted octanol–water partition coefficient (Wildman–Crippen LogP) is 5.81. The van der Waals surface area contributed by atoms with E-state index in [0.717, 1.165) is 20.8 Å². The topological polar surface area (TPSA) is 54.0 Å². The van der Waals surface area contributed by atoms with E-state index in [1.54, 1.807) is 23.5 Å². The summed E-state index contributed by atoms with van der Waals surface area (Å²) in [5.41, 5.74) is 2.50. The Labute approximate surface area is 173 Å². The van der Waals surface area contributed by atoms with Crippen molar-refractivity contribution in [2.45, 2.75) is 0 Å². The molecule has 0 aliphatic carbocycles. The van der Waals surface area contributed by atoms with Gasteiger partial charge in [-0.25, -0.2) is 4.98 Å². The first-order chi connectivity index (χ1) is 13.1. The zero-order valence-corrected chi connectivity index (χ0v) is 16.9. The molecule has 0 saturated heterocycles. The molecule has 0 atom stereocenters. The highest BCUT2D eigenvalue weighted by molar-refractivity contribution is 7.80. The molecule has 0 spiro atoms. The van der Waals surface area contributed by atoms with E-state index in [1.807, 2.05) is 47.8 Å². The van der Waals surface area contributed by atoms with Gasteiger partial charge in [-0.3, -0.25) is 10.1 Å². The fourth-order valence-electron chi connectivity index (χ4n) is 2.48. The summed E-state index contributed by atoms with van der Waals surface area (Å²) >= 11 is 14.5. The molecule has 4 rings (SSSR count). The Kier molecular flexibility index (Phi) is 5.18. The average molecular weight is 430 g/mol. The predicted molar refractivity (Wildman–Crippen MR) is 118 cm³/mol. The SMILES string of the molecule is O=C(NC(=S)Nc1cc(-c2nc3ccccc3s2)ccc1Cl)c1cccs1. The molecule has 0 radical (unpaired) electrons. The van der Waals surface area contributed by atoms with E-state index in [2.05, 4.69) is 15.6 Å². The van der Waals surface area contributed by atoms with Crippen molar-refractivity contribution in [1.82, 2.24) is 10.3 Å². The van der Waals surface area contributed by atoms with Crippen LogP contribution >= 0.6 is 46.5 Å². The second-order valence-electron chi connectivity index (χ2n) is 5.57. The monoisotopic (exact) mass is 429 g/mol. The molecule has 134 valence electrons. The van der Waals surface area contributed by atoms with Crippen LogP contribution < -0.4 is 10.6 Å². The van der Waals surface area contributed by atoms with Crippen LogP contribution in [-0.4, -0.2) is 16.0 Å². The number of thiophene rings is 1. The Bertz CT molecular complexity index is 1110. The van der Waals surface area contributed by atoms with Gasteiger partial charge in [0, 0.05) is 5.56 Å². The number of para-hydroxylation sites is 1. The normalized spacial score (nSPS) is 10.7. The number of nitrogens with zero attached hydrogens (tertiary/aromatic N) is 1. The second kappa shape index (κ2) is 7.74. The van der Waals surface area contributed by atoms with Crippen molar-refractivity contribution < 1.29 is 4.79 Å². The Morgan fingerprint density at radius 3 is 2.74 bits per heavy atom. The summed E-state index contributed by atoms with van der Waals surface area (Å²) in [5.74, 6) is -0.249. The molecular weight excluding hydrogens is 418 g/mol. The quantitative estimate of drug-likeness (QED) is 0.404. The number of aromatic nitrogens is 1. The van der Waals surface area contributed by atoms with Crippen molar-refractivity contribution in [3.05, 3.63) is 69.9 Å². The zero-order valence-electron chi connectivity index (χ0n) is 13.7. The van der Waals surface area contributed by atoms with Crippen LogP contribution in [0.5, 0.6) is 0 Å². The summed E-state index contributed by atoms with van der Waals surface area (Å²) in [6.07, 6.45) is 0. The van der Waals surface area contributed by atoms with Crippen molar-refractivity contribution in [2.24, 2.45) is 0 Å². The highest BCUT2D eigenvalue weighted by atomic mass is 35.5. The molecule has 4 nitrogen and oxygen atoms in total. The van der Waals surface area contributed by atoms with Gasteiger partial charge in [0.25, 0.3) is 5.91 Å². The minimum atomic E-state index is -0.249. The largest absolute Gasteiger partial charge is 0.331 e. The maximum atomic E-state index is 12.1. The van der Waals surface area contributed by atoms with Crippen molar-refractivity contribution >= 4 is 73.4 Å². The molecule has 2 aromatic heterocycles. The van der Waals surface area contributed by atoms with Crippen LogP contribution in [-0.2, 0) is 0 Å². The maximum Gasteiger partial charge on any atom is 0.267 e. The number of hydrogen-bond donors (Lipinski definition) is 2. The first kappa shape index (κ1) is 18.1. The van der Waals surface area contributed by atoms with Crippen molar-refractivity contribution in [3.63, 3.8) is 0 Å². The smallest absolute Gasteiger partial charge is 0.267 e. The van der Waals surface area contributed by atoms with E-state index < -0.39 is 0 Å². The lowest BCUT2D eigenvalue weighted by Gasteiger charge is -2.11. The van der Waals surface area contributed by atoms with Gasteiger partial charge < -0.3 is 5.32 Å². The van der Waals surface area contributed by atoms with Crippen LogP contribution in [0.25, 0.3) is 20.8 Å². The molecular formula is C19H12ClN3OS3. The maximum absolute atomic E-state index is 12.1. The number of anilines is 1. The molecule has 4 aromatic rings. The molecule has 0 aliphatic heterocycles. The van der Waals surface area contributed by atoms with E-state index in [-0.39, 0.29) is 11.0 Å². The number of halogens is 1. The van der Waals surface area contributed by atoms with Gasteiger partial charge in [-0.1, -0.05) is 35.9 Å². The third-order valence-corrected chi connectivity index (χ3v) is 6.22. The summed E-state index contributed by atoms with van der Waals surface area (Å²) in [4.78, 5) is 17.4. The Morgan fingerprint density at radius 1 is 1.11 bits per heavy atom. The van der Waals surface area contributed by atoms with E-state index in [1.165, 1.54) is 11.3 Å². The van der Waals surface area contributed by atoms with Crippen LogP contribution in [0.1, 0.15) is 9.67 Å².